The molecule has 0 aromatic rings. The summed E-state index contributed by atoms with van der Waals surface area (Å²) in [5.74, 6) is 2.88. The van der Waals surface area contributed by atoms with Crippen LogP contribution in [-0.4, -0.2) is 62.1 Å². The maximum Gasteiger partial charge on any atom is 0.308 e. The highest BCUT2D eigenvalue weighted by Crippen LogP contribution is 2.18. The number of likely N-dealkylation sites (tertiary alicyclic amines) is 1. The Labute approximate surface area is 125 Å². The van der Waals surface area contributed by atoms with E-state index < -0.39 is 0 Å². The van der Waals surface area contributed by atoms with Crippen LogP contribution in [0.15, 0.2) is 17.6 Å². The molecule has 5 nitrogen and oxygen atoms in total. The van der Waals surface area contributed by atoms with Gasteiger partial charge in [-0.05, 0) is 12.8 Å². The average molecular weight is 299 g/mol. The largest absolute Gasteiger partial charge is 0.469 e. The van der Waals surface area contributed by atoms with E-state index in [1.807, 2.05) is 17.8 Å². The number of hydrogen-bond donors (Lipinski definition) is 1. The lowest BCUT2D eigenvalue weighted by Gasteiger charge is -2.33. The van der Waals surface area contributed by atoms with E-state index in [9.17, 15) is 4.79 Å². The molecule has 0 bridgehead atoms. The van der Waals surface area contributed by atoms with Crippen molar-refractivity contribution in [1.29, 1.82) is 0 Å². The number of esters is 1. The summed E-state index contributed by atoms with van der Waals surface area (Å²) >= 11 is 1.84. The predicted molar refractivity (Wildman–Crippen MR) is 85.2 cm³/mol. The zero-order chi connectivity index (χ0) is 14.8. The molecule has 0 aromatic carbocycles. The molecule has 1 N–H and O–H groups in total. The summed E-state index contributed by atoms with van der Waals surface area (Å²) in [6.07, 6.45) is 3.58. The second kappa shape index (κ2) is 9.69. The summed E-state index contributed by atoms with van der Waals surface area (Å²) in [5, 5.41) is 3.36. The lowest BCUT2D eigenvalue weighted by Crippen LogP contribution is -2.47. The van der Waals surface area contributed by atoms with E-state index in [1.54, 1.807) is 7.05 Å². The van der Waals surface area contributed by atoms with Gasteiger partial charge in [0.25, 0.3) is 0 Å². The van der Waals surface area contributed by atoms with Gasteiger partial charge in [0.1, 0.15) is 0 Å². The second-order valence-corrected chi connectivity index (χ2v) is 5.77. The van der Waals surface area contributed by atoms with Crippen molar-refractivity contribution in [3.05, 3.63) is 12.7 Å². The van der Waals surface area contributed by atoms with Crippen LogP contribution in [0.1, 0.15) is 12.8 Å². The number of hydrogen-bond acceptors (Lipinski definition) is 4. The van der Waals surface area contributed by atoms with Crippen LogP contribution in [0.3, 0.4) is 0 Å². The van der Waals surface area contributed by atoms with E-state index in [4.69, 9.17) is 4.74 Å². The molecule has 0 radical (unpaired) electrons. The molecule has 1 fully saturated rings. The summed E-state index contributed by atoms with van der Waals surface area (Å²) < 4.78 is 4.80. The highest BCUT2D eigenvalue weighted by atomic mass is 32.2. The minimum atomic E-state index is -0.0894. The van der Waals surface area contributed by atoms with Crippen LogP contribution in [-0.2, 0) is 9.53 Å². The molecule has 0 spiro atoms. The topological polar surface area (TPSA) is 53.9 Å². The van der Waals surface area contributed by atoms with E-state index in [-0.39, 0.29) is 11.9 Å². The SMILES string of the molecule is C=CCSCCNC(=NC)N1CCC(C(=O)OC)CC1. The summed E-state index contributed by atoms with van der Waals surface area (Å²) in [6.45, 7) is 6.28. The molecule has 1 aliphatic heterocycles. The first-order valence-corrected chi connectivity index (χ1v) is 8.10. The minimum absolute atomic E-state index is 0.0394. The van der Waals surface area contributed by atoms with E-state index in [2.05, 4.69) is 21.8 Å². The number of nitrogens with one attached hydrogen (secondary N) is 1. The monoisotopic (exact) mass is 299 g/mol. The molecule has 20 heavy (non-hydrogen) atoms. The quantitative estimate of drug-likeness (QED) is 0.264. The van der Waals surface area contributed by atoms with E-state index in [0.29, 0.717) is 0 Å². The Morgan fingerprint density at radius 2 is 2.25 bits per heavy atom. The number of thioether (sulfide) groups is 1. The third kappa shape index (κ3) is 5.45. The predicted octanol–water partition coefficient (Wildman–Crippen LogP) is 1.37. The Morgan fingerprint density at radius 1 is 1.55 bits per heavy atom. The number of guanidine groups is 1. The molecule has 0 atom stereocenters. The van der Waals surface area contributed by atoms with E-state index in [0.717, 1.165) is 49.9 Å². The van der Waals surface area contributed by atoms with Gasteiger partial charge in [-0.2, -0.15) is 11.8 Å². The van der Waals surface area contributed by atoms with Crippen LogP contribution in [0, 0.1) is 5.92 Å². The Balaban J connectivity index is 2.30. The standard InChI is InChI=1S/C14H25N3O2S/c1-4-10-20-11-7-16-14(15-2)17-8-5-12(6-9-17)13(18)19-3/h4,12H,1,5-11H2,2-3H3,(H,15,16). The lowest BCUT2D eigenvalue weighted by molar-refractivity contribution is -0.146. The number of carbonyl (C=O) groups excluding carboxylic acids is 1. The Hall–Kier alpha value is -1.17. The first kappa shape index (κ1) is 16.9. The fourth-order valence-electron chi connectivity index (χ4n) is 2.23. The summed E-state index contributed by atoms with van der Waals surface area (Å²) in [6, 6.07) is 0. The second-order valence-electron chi connectivity index (χ2n) is 4.62. The van der Waals surface area contributed by atoms with Crippen molar-refractivity contribution in [1.82, 2.24) is 10.2 Å². The van der Waals surface area contributed by atoms with Crippen LogP contribution in [0.25, 0.3) is 0 Å². The van der Waals surface area contributed by atoms with Gasteiger partial charge in [-0.1, -0.05) is 6.08 Å². The molecular weight excluding hydrogens is 274 g/mol. The molecule has 1 saturated heterocycles. The first-order chi connectivity index (χ1) is 9.72. The zero-order valence-electron chi connectivity index (χ0n) is 12.4. The van der Waals surface area contributed by atoms with Gasteiger partial charge in [-0.15, -0.1) is 6.58 Å². The van der Waals surface area contributed by atoms with Crippen LogP contribution >= 0.6 is 11.8 Å². The molecule has 114 valence electrons. The number of rotatable bonds is 6. The Morgan fingerprint density at radius 3 is 2.80 bits per heavy atom. The molecule has 0 aromatic heterocycles. The maximum atomic E-state index is 11.5. The van der Waals surface area contributed by atoms with Crippen LogP contribution in [0.4, 0.5) is 0 Å². The van der Waals surface area contributed by atoms with Crippen molar-refractivity contribution >= 4 is 23.7 Å². The number of nitrogens with zero attached hydrogens (tertiary/aromatic N) is 2. The summed E-state index contributed by atoms with van der Waals surface area (Å²) in [4.78, 5) is 18.0. The molecular formula is C14H25N3O2S. The van der Waals surface area contributed by atoms with Gasteiger partial charge in [0, 0.05) is 38.2 Å². The minimum Gasteiger partial charge on any atom is -0.469 e. The van der Waals surface area contributed by atoms with Crippen LogP contribution in [0.2, 0.25) is 0 Å². The molecule has 0 saturated carbocycles. The zero-order valence-corrected chi connectivity index (χ0v) is 13.2. The van der Waals surface area contributed by atoms with Crippen molar-refractivity contribution in [2.75, 3.05) is 45.3 Å². The molecule has 0 amide bonds. The highest BCUT2D eigenvalue weighted by molar-refractivity contribution is 7.99. The van der Waals surface area contributed by atoms with Crippen molar-refractivity contribution in [3.8, 4) is 0 Å². The molecule has 6 heteroatoms. The first-order valence-electron chi connectivity index (χ1n) is 6.95. The Bertz CT molecular complexity index is 339. The number of ether oxygens (including phenoxy) is 1. The fraction of sp³-hybridized carbons (Fsp3) is 0.714. The third-order valence-electron chi connectivity index (χ3n) is 3.31. The smallest absolute Gasteiger partial charge is 0.308 e. The van der Waals surface area contributed by atoms with Gasteiger partial charge in [0.15, 0.2) is 5.96 Å². The number of piperidine rings is 1. The van der Waals surface area contributed by atoms with Crippen molar-refractivity contribution in [2.24, 2.45) is 10.9 Å². The molecule has 1 aliphatic rings. The fourth-order valence-corrected chi connectivity index (χ4v) is 2.81. The Kier molecular flexibility index (Phi) is 8.18. The lowest BCUT2D eigenvalue weighted by atomic mass is 9.97. The van der Waals surface area contributed by atoms with Crippen molar-refractivity contribution < 1.29 is 9.53 Å². The van der Waals surface area contributed by atoms with Gasteiger partial charge in [0.2, 0.25) is 0 Å². The molecule has 0 aliphatic carbocycles. The third-order valence-corrected chi connectivity index (χ3v) is 4.27. The van der Waals surface area contributed by atoms with Gasteiger partial charge < -0.3 is 15.0 Å². The van der Waals surface area contributed by atoms with Gasteiger partial charge in [-0.25, -0.2) is 0 Å². The average Bonchev–Trinajstić information content (AvgIpc) is 2.50. The summed E-state index contributed by atoms with van der Waals surface area (Å²) in [7, 11) is 3.25. The van der Waals surface area contributed by atoms with Crippen LogP contribution in [0.5, 0.6) is 0 Å². The molecule has 1 heterocycles. The number of aliphatic imine (C=N–C) groups is 1. The van der Waals surface area contributed by atoms with Crippen LogP contribution < -0.4 is 5.32 Å². The van der Waals surface area contributed by atoms with Gasteiger partial charge >= 0.3 is 5.97 Å². The summed E-state index contributed by atoms with van der Waals surface area (Å²) in [5.41, 5.74) is 0. The molecule has 1 rings (SSSR count). The van der Waals surface area contributed by atoms with E-state index in [1.165, 1.54) is 7.11 Å². The molecule has 0 unspecified atom stereocenters. The van der Waals surface area contributed by atoms with Crippen molar-refractivity contribution in [2.45, 2.75) is 12.8 Å². The maximum absolute atomic E-state index is 11.5. The number of methoxy groups -OCH3 is 1. The normalized spacial score (nSPS) is 16.9. The van der Waals surface area contributed by atoms with E-state index >= 15 is 0 Å². The number of carbonyl (C=O) groups is 1. The van der Waals surface area contributed by atoms with Gasteiger partial charge in [0.05, 0.1) is 13.0 Å². The highest BCUT2D eigenvalue weighted by Gasteiger charge is 2.26. The van der Waals surface area contributed by atoms with Crippen molar-refractivity contribution in [3.63, 3.8) is 0 Å². The van der Waals surface area contributed by atoms with Gasteiger partial charge in [-0.3, -0.25) is 9.79 Å².